The van der Waals surface area contributed by atoms with Crippen LogP contribution in [0.5, 0.6) is 0 Å². The number of carbonyl (C=O) groups excluding carboxylic acids is 2. The van der Waals surface area contributed by atoms with Crippen LogP contribution < -0.4 is 16.4 Å². The Morgan fingerprint density at radius 2 is 1.81 bits per heavy atom. The Morgan fingerprint density at radius 1 is 1.19 bits per heavy atom. The van der Waals surface area contributed by atoms with E-state index in [0.29, 0.717) is 24.8 Å². The number of carbonyl (C=O) groups is 2. The Labute approximate surface area is 133 Å². The highest BCUT2D eigenvalue weighted by Gasteiger charge is 2.48. The van der Waals surface area contributed by atoms with Crippen LogP contribution in [0.25, 0.3) is 0 Å². The summed E-state index contributed by atoms with van der Waals surface area (Å²) >= 11 is 0. The topological polar surface area (TPSA) is 84.2 Å². The molecule has 122 valence electrons. The van der Waals surface area contributed by atoms with E-state index in [2.05, 4.69) is 10.6 Å². The Morgan fingerprint density at radius 3 is 2.33 bits per heavy atom. The number of amides is 2. The van der Waals surface area contributed by atoms with Gasteiger partial charge in [-0.15, -0.1) is 12.4 Å². The number of rotatable bonds is 4. The zero-order valence-corrected chi connectivity index (χ0v) is 14.0. The molecule has 6 heteroatoms. The molecule has 2 aliphatic carbocycles. The minimum absolute atomic E-state index is 0. The third-order valence-corrected chi connectivity index (χ3v) is 4.45. The Hall–Kier alpha value is -0.810. The molecule has 4 atom stereocenters. The first kappa shape index (κ1) is 18.2. The van der Waals surface area contributed by atoms with Gasteiger partial charge < -0.3 is 16.4 Å². The van der Waals surface area contributed by atoms with Crippen molar-refractivity contribution in [1.29, 1.82) is 0 Å². The lowest BCUT2D eigenvalue weighted by Crippen LogP contribution is -2.46. The predicted molar refractivity (Wildman–Crippen MR) is 85.1 cm³/mol. The van der Waals surface area contributed by atoms with Gasteiger partial charge in [0.2, 0.25) is 11.8 Å². The van der Waals surface area contributed by atoms with E-state index in [0.717, 1.165) is 12.8 Å². The van der Waals surface area contributed by atoms with Gasteiger partial charge in [0.15, 0.2) is 0 Å². The van der Waals surface area contributed by atoms with Gasteiger partial charge in [0, 0.05) is 24.5 Å². The number of nitrogens with two attached hydrogens (primary N) is 1. The van der Waals surface area contributed by atoms with Gasteiger partial charge in [0.05, 0.1) is 5.92 Å². The molecule has 4 N–H and O–H groups in total. The smallest absolute Gasteiger partial charge is 0.224 e. The first-order chi connectivity index (χ1) is 9.28. The minimum Gasteiger partial charge on any atom is -0.355 e. The fraction of sp³-hybridized carbons (Fsp3) is 0.867. The SMILES string of the molecule is CC(C)(C)NC(=O)CCNC(=O)C1C2CCC(C2)C1N.Cl. The van der Waals surface area contributed by atoms with Gasteiger partial charge in [-0.3, -0.25) is 9.59 Å². The molecule has 2 bridgehead atoms. The third kappa shape index (κ3) is 4.58. The van der Waals surface area contributed by atoms with Crippen molar-refractivity contribution in [2.24, 2.45) is 23.5 Å². The zero-order chi connectivity index (χ0) is 14.9. The van der Waals surface area contributed by atoms with E-state index in [-0.39, 0.29) is 41.7 Å². The molecule has 2 fully saturated rings. The summed E-state index contributed by atoms with van der Waals surface area (Å²) in [6, 6.07) is 0.0113. The van der Waals surface area contributed by atoms with Gasteiger partial charge >= 0.3 is 0 Å². The van der Waals surface area contributed by atoms with Crippen molar-refractivity contribution in [3.05, 3.63) is 0 Å². The first-order valence-corrected chi connectivity index (χ1v) is 7.62. The van der Waals surface area contributed by atoms with Crippen LogP contribution in [0.3, 0.4) is 0 Å². The number of fused-ring (bicyclic) bond motifs is 2. The predicted octanol–water partition coefficient (Wildman–Crippen LogP) is 1.20. The summed E-state index contributed by atoms with van der Waals surface area (Å²) < 4.78 is 0. The van der Waals surface area contributed by atoms with Crippen molar-refractivity contribution in [3.8, 4) is 0 Å². The maximum Gasteiger partial charge on any atom is 0.224 e. The molecule has 21 heavy (non-hydrogen) atoms. The Balaban J connectivity index is 0.00000220. The highest BCUT2D eigenvalue weighted by Crippen LogP contribution is 2.47. The van der Waals surface area contributed by atoms with Gasteiger partial charge in [-0.05, 0) is 51.9 Å². The molecule has 2 rings (SSSR count). The average Bonchev–Trinajstić information content (AvgIpc) is 2.86. The zero-order valence-electron chi connectivity index (χ0n) is 13.1. The Kier molecular flexibility index (Phi) is 6.05. The summed E-state index contributed by atoms with van der Waals surface area (Å²) in [7, 11) is 0. The molecule has 2 amide bonds. The molecule has 2 saturated carbocycles. The van der Waals surface area contributed by atoms with Gasteiger partial charge in [-0.1, -0.05) is 0 Å². The molecular formula is C15H28ClN3O2. The van der Waals surface area contributed by atoms with Crippen molar-refractivity contribution < 1.29 is 9.59 Å². The van der Waals surface area contributed by atoms with E-state index in [9.17, 15) is 9.59 Å². The summed E-state index contributed by atoms with van der Waals surface area (Å²) in [4.78, 5) is 23.9. The largest absolute Gasteiger partial charge is 0.355 e. The van der Waals surface area contributed by atoms with E-state index in [1.165, 1.54) is 6.42 Å². The van der Waals surface area contributed by atoms with Crippen LogP contribution in [0.1, 0.15) is 46.5 Å². The summed E-state index contributed by atoms with van der Waals surface area (Å²) in [6.07, 6.45) is 3.72. The van der Waals surface area contributed by atoms with Crippen LogP contribution in [-0.4, -0.2) is 29.9 Å². The van der Waals surface area contributed by atoms with Gasteiger partial charge in [-0.25, -0.2) is 0 Å². The molecule has 0 spiro atoms. The standard InChI is InChI=1S/C15H27N3O2.ClH/c1-15(2,3)18-11(19)6-7-17-14(20)12-9-4-5-10(8-9)13(12)16;/h9-10,12-13H,4-8,16H2,1-3H3,(H,17,20)(H,18,19);1H. The third-order valence-electron chi connectivity index (χ3n) is 4.45. The molecule has 2 aliphatic rings. The number of hydrogen-bond acceptors (Lipinski definition) is 3. The fourth-order valence-electron chi connectivity index (χ4n) is 3.62. The van der Waals surface area contributed by atoms with Gasteiger partial charge in [-0.2, -0.15) is 0 Å². The number of hydrogen-bond donors (Lipinski definition) is 3. The van der Waals surface area contributed by atoms with Gasteiger partial charge in [0.25, 0.3) is 0 Å². The fourth-order valence-corrected chi connectivity index (χ4v) is 3.62. The van der Waals surface area contributed by atoms with E-state index in [4.69, 9.17) is 5.73 Å². The molecule has 0 aromatic heterocycles. The monoisotopic (exact) mass is 317 g/mol. The quantitative estimate of drug-likeness (QED) is 0.728. The van der Waals surface area contributed by atoms with Crippen LogP contribution in [0.4, 0.5) is 0 Å². The molecular weight excluding hydrogens is 290 g/mol. The van der Waals surface area contributed by atoms with E-state index >= 15 is 0 Å². The maximum atomic E-state index is 12.2. The highest BCUT2D eigenvalue weighted by atomic mass is 35.5. The van der Waals surface area contributed by atoms with Crippen molar-refractivity contribution in [1.82, 2.24) is 10.6 Å². The molecule has 0 saturated heterocycles. The van der Waals surface area contributed by atoms with E-state index < -0.39 is 0 Å². The van der Waals surface area contributed by atoms with Crippen molar-refractivity contribution in [2.45, 2.75) is 58.0 Å². The van der Waals surface area contributed by atoms with Gasteiger partial charge in [0.1, 0.15) is 0 Å². The van der Waals surface area contributed by atoms with E-state index in [1.54, 1.807) is 0 Å². The van der Waals surface area contributed by atoms with Crippen molar-refractivity contribution in [2.75, 3.05) is 6.54 Å². The molecule has 0 aliphatic heterocycles. The highest BCUT2D eigenvalue weighted by molar-refractivity contribution is 5.85. The molecule has 0 aromatic rings. The van der Waals surface area contributed by atoms with Crippen molar-refractivity contribution in [3.63, 3.8) is 0 Å². The molecule has 0 radical (unpaired) electrons. The molecule has 4 unspecified atom stereocenters. The number of halogens is 1. The van der Waals surface area contributed by atoms with Crippen LogP contribution in [0.2, 0.25) is 0 Å². The van der Waals surface area contributed by atoms with E-state index in [1.807, 2.05) is 20.8 Å². The normalized spacial score (nSPS) is 30.7. The van der Waals surface area contributed by atoms with Crippen LogP contribution in [0.15, 0.2) is 0 Å². The first-order valence-electron chi connectivity index (χ1n) is 7.62. The lowest BCUT2D eigenvalue weighted by molar-refractivity contribution is -0.127. The summed E-state index contributed by atoms with van der Waals surface area (Å²) in [5, 5.41) is 5.76. The minimum atomic E-state index is -0.228. The van der Waals surface area contributed by atoms with Crippen LogP contribution in [-0.2, 0) is 9.59 Å². The second-order valence-corrected chi connectivity index (χ2v) is 7.28. The molecule has 0 aromatic carbocycles. The lowest BCUT2D eigenvalue weighted by Gasteiger charge is -2.27. The van der Waals surface area contributed by atoms with Crippen molar-refractivity contribution >= 4 is 24.2 Å². The summed E-state index contributed by atoms with van der Waals surface area (Å²) in [5.74, 6) is 0.945. The number of nitrogens with one attached hydrogen (secondary N) is 2. The summed E-state index contributed by atoms with van der Waals surface area (Å²) in [5.41, 5.74) is 5.91. The second-order valence-electron chi connectivity index (χ2n) is 7.28. The van der Waals surface area contributed by atoms with Crippen LogP contribution >= 0.6 is 12.4 Å². The summed E-state index contributed by atoms with van der Waals surface area (Å²) in [6.45, 7) is 6.22. The Bertz CT molecular complexity index is 393. The maximum absolute atomic E-state index is 12.2. The molecule has 5 nitrogen and oxygen atoms in total. The average molecular weight is 318 g/mol. The molecule has 0 heterocycles. The van der Waals surface area contributed by atoms with Crippen LogP contribution in [0, 0.1) is 17.8 Å². The second kappa shape index (κ2) is 6.97. The lowest BCUT2D eigenvalue weighted by atomic mass is 9.84.